The van der Waals surface area contributed by atoms with Gasteiger partial charge in [0.05, 0.1) is 12.7 Å². The normalized spacial score (nSPS) is 19.0. The monoisotopic (exact) mass is 289 g/mol. The first-order valence-corrected chi connectivity index (χ1v) is 7.06. The van der Waals surface area contributed by atoms with Crippen molar-refractivity contribution in [1.29, 1.82) is 0 Å². The van der Waals surface area contributed by atoms with E-state index in [1.165, 1.54) is 6.42 Å². The number of rotatable bonds is 4. The lowest BCUT2D eigenvalue weighted by Gasteiger charge is -2.20. The first-order chi connectivity index (χ1) is 10.2. The molecule has 1 amide bonds. The van der Waals surface area contributed by atoms with Crippen LogP contribution >= 0.6 is 0 Å². The number of nitrogens with zero attached hydrogens (tertiary/aromatic N) is 3. The first-order valence-electron chi connectivity index (χ1n) is 7.06. The van der Waals surface area contributed by atoms with E-state index in [2.05, 4.69) is 32.7 Å². The van der Waals surface area contributed by atoms with E-state index < -0.39 is 0 Å². The van der Waals surface area contributed by atoms with E-state index in [1.54, 1.807) is 19.2 Å². The molecule has 7 heteroatoms. The number of likely N-dealkylation sites (tertiary alicyclic amines) is 1. The van der Waals surface area contributed by atoms with Crippen LogP contribution in [0.25, 0.3) is 11.0 Å². The Balaban J connectivity index is 1.76. The van der Waals surface area contributed by atoms with Gasteiger partial charge in [-0.2, -0.15) is 15.4 Å². The number of carbonyl (C=O) groups excluding carboxylic acids is 1. The highest BCUT2D eigenvalue weighted by Crippen LogP contribution is 2.23. The summed E-state index contributed by atoms with van der Waals surface area (Å²) < 4.78 is 5.28. The van der Waals surface area contributed by atoms with Crippen molar-refractivity contribution in [1.82, 2.24) is 25.6 Å². The zero-order chi connectivity index (χ0) is 14.8. The maximum atomic E-state index is 12.4. The third-order valence-electron chi connectivity index (χ3n) is 4.05. The van der Waals surface area contributed by atoms with Crippen molar-refractivity contribution in [2.45, 2.75) is 18.9 Å². The molecule has 1 aromatic heterocycles. The smallest absolute Gasteiger partial charge is 0.255 e. The maximum absolute atomic E-state index is 12.4. The van der Waals surface area contributed by atoms with E-state index >= 15 is 0 Å². The van der Waals surface area contributed by atoms with Gasteiger partial charge in [0.2, 0.25) is 0 Å². The number of benzene rings is 1. The second-order valence-corrected chi connectivity index (χ2v) is 5.35. The molecular formula is C14H19N5O2. The molecule has 0 spiro atoms. The SMILES string of the molecule is COc1cc2n[nH]nc2cc1C(=O)NC[C@@H]1CCCN1C. The summed E-state index contributed by atoms with van der Waals surface area (Å²) >= 11 is 0. The van der Waals surface area contributed by atoms with Crippen LogP contribution in [0.1, 0.15) is 23.2 Å². The van der Waals surface area contributed by atoms with E-state index in [0.717, 1.165) is 13.0 Å². The average Bonchev–Trinajstić information content (AvgIpc) is 3.11. The van der Waals surface area contributed by atoms with Gasteiger partial charge in [0, 0.05) is 18.7 Å². The predicted octanol–water partition coefficient (Wildman–Crippen LogP) is 0.790. The highest BCUT2D eigenvalue weighted by Gasteiger charge is 2.22. The van der Waals surface area contributed by atoms with Gasteiger partial charge in [0.25, 0.3) is 5.91 Å². The molecule has 112 valence electrons. The third-order valence-corrected chi connectivity index (χ3v) is 4.05. The van der Waals surface area contributed by atoms with Gasteiger partial charge in [0.1, 0.15) is 16.8 Å². The molecule has 7 nitrogen and oxygen atoms in total. The minimum absolute atomic E-state index is 0.142. The zero-order valence-electron chi connectivity index (χ0n) is 12.2. The fourth-order valence-corrected chi connectivity index (χ4v) is 2.76. The summed E-state index contributed by atoms with van der Waals surface area (Å²) in [6, 6.07) is 3.83. The van der Waals surface area contributed by atoms with Crippen LogP contribution in [0.5, 0.6) is 5.75 Å². The number of methoxy groups -OCH3 is 1. The molecule has 2 N–H and O–H groups in total. The second kappa shape index (κ2) is 5.69. The van der Waals surface area contributed by atoms with Crippen LogP contribution < -0.4 is 10.1 Å². The molecular weight excluding hydrogens is 270 g/mol. The van der Waals surface area contributed by atoms with Crippen LogP contribution in [-0.4, -0.2) is 59.5 Å². The number of nitrogens with one attached hydrogen (secondary N) is 2. The molecule has 1 saturated heterocycles. The quantitative estimate of drug-likeness (QED) is 0.869. The molecule has 0 radical (unpaired) electrons. The summed E-state index contributed by atoms with van der Waals surface area (Å²) in [6.07, 6.45) is 2.31. The van der Waals surface area contributed by atoms with Crippen LogP contribution in [0.4, 0.5) is 0 Å². The average molecular weight is 289 g/mol. The van der Waals surface area contributed by atoms with Gasteiger partial charge in [-0.25, -0.2) is 0 Å². The number of hydrogen-bond donors (Lipinski definition) is 2. The van der Waals surface area contributed by atoms with Gasteiger partial charge >= 0.3 is 0 Å². The summed E-state index contributed by atoms with van der Waals surface area (Å²) in [5, 5.41) is 13.5. The zero-order valence-corrected chi connectivity index (χ0v) is 12.2. The van der Waals surface area contributed by atoms with Crippen molar-refractivity contribution in [3.05, 3.63) is 17.7 Å². The number of aromatic amines is 1. The van der Waals surface area contributed by atoms with E-state index in [9.17, 15) is 4.79 Å². The second-order valence-electron chi connectivity index (χ2n) is 5.35. The number of aromatic nitrogens is 3. The Labute approximate surface area is 122 Å². The van der Waals surface area contributed by atoms with Gasteiger partial charge in [-0.1, -0.05) is 0 Å². The van der Waals surface area contributed by atoms with Gasteiger partial charge in [-0.15, -0.1) is 0 Å². The lowest BCUT2D eigenvalue weighted by molar-refractivity contribution is 0.0941. The molecule has 0 bridgehead atoms. The summed E-state index contributed by atoms with van der Waals surface area (Å²) in [6.45, 7) is 1.74. The number of carbonyl (C=O) groups is 1. The van der Waals surface area contributed by atoms with Crippen LogP contribution in [0, 0.1) is 0 Å². The van der Waals surface area contributed by atoms with E-state index in [0.29, 0.717) is 34.9 Å². The molecule has 2 heterocycles. The van der Waals surface area contributed by atoms with Gasteiger partial charge in [-0.05, 0) is 32.5 Å². The van der Waals surface area contributed by atoms with Gasteiger partial charge in [-0.3, -0.25) is 4.79 Å². The summed E-state index contributed by atoms with van der Waals surface area (Å²) in [4.78, 5) is 14.7. The largest absolute Gasteiger partial charge is 0.496 e. The molecule has 0 aliphatic carbocycles. The number of likely N-dealkylation sites (N-methyl/N-ethyl adjacent to an activating group) is 1. The van der Waals surface area contributed by atoms with Crippen LogP contribution in [0.2, 0.25) is 0 Å². The minimum Gasteiger partial charge on any atom is -0.496 e. The van der Waals surface area contributed by atoms with Crippen LogP contribution in [0.3, 0.4) is 0 Å². The standard InChI is InChI=1S/C14H19N5O2/c1-19-5-3-4-9(19)8-15-14(20)10-6-11-12(17-18-16-11)7-13(10)21-2/h6-7,9H,3-5,8H2,1-2H3,(H,15,20)(H,16,17,18)/t9-/m0/s1. The number of H-pyrrole nitrogens is 1. The highest BCUT2D eigenvalue weighted by atomic mass is 16.5. The van der Waals surface area contributed by atoms with E-state index in [4.69, 9.17) is 4.74 Å². The van der Waals surface area contributed by atoms with Gasteiger partial charge in [0.15, 0.2) is 0 Å². The minimum atomic E-state index is -0.142. The lowest BCUT2D eigenvalue weighted by Crippen LogP contribution is -2.38. The maximum Gasteiger partial charge on any atom is 0.255 e. The molecule has 3 rings (SSSR count). The van der Waals surface area contributed by atoms with Crippen molar-refractivity contribution in [3.63, 3.8) is 0 Å². The van der Waals surface area contributed by atoms with Crippen LogP contribution in [0.15, 0.2) is 12.1 Å². The van der Waals surface area contributed by atoms with Crippen molar-refractivity contribution in [2.75, 3.05) is 27.2 Å². The highest BCUT2D eigenvalue weighted by molar-refractivity contribution is 6.00. The Morgan fingerprint density at radius 2 is 2.24 bits per heavy atom. The molecule has 0 unspecified atom stereocenters. The number of fused-ring (bicyclic) bond motifs is 1. The first kappa shape index (κ1) is 13.8. The Morgan fingerprint density at radius 1 is 1.48 bits per heavy atom. The Hall–Kier alpha value is -2.15. The van der Waals surface area contributed by atoms with Gasteiger partial charge < -0.3 is 15.0 Å². The number of amides is 1. The summed E-state index contributed by atoms with van der Waals surface area (Å²) in [5.41, 5.74) is 1.82. The molecule has 1 aliphatic rings. The molecule has 1 fully saturated rings. The fraction of sp³-hybridized carbons (Fsp3) is 0.500. The van der Waals surface area contributed by atoms with E-state index in [-0.39, 0.29) is 5.91 Å². The Kier molecular flexibility index (Phi) is 3.74. The summed E-state index contributed by atoms with van der Waals surface area (Å²) in [5.74, 6) is 0.366. The molecule has 0 saturated carbocycles. The lowest BCUT2D eigenvalue weighted by atomic mass is 10.1. The molecule has 1 atom stereocenters. The van der Waals surface area contributed by atoms with Crippen molar-refractivity contribution >= 4 is 16.9 Å². The van der Waals surface area contributed by atoms with E-state index in [1.807, 2.05) is 0 Å². The van der Waals surface area contributed by atoms with Crippen LogP contribution in [-0.2, 0) is 0 Å². The molecule has 2 aromatic rings. The molecule has 1 aromatic carbocycles. The predicted molar refractivity (Wildman–Crippen MR) is 78.4 cm³/mol. The number of ether oxygens (including phenoxy) is 1. The Morgan fingerprint density at radius 3 is 2.90 bits per heavy atom. The summed E-state index contributed by atoms with van der Waals surface area (Å²) in [7, 11) is 3.63. The fourth-order valence-electron chi connectivity index (χ4n) is 2.76. The molecule has 21 heavy (non-hydrogen) atoms. The third kappa shape index (κ3) is 2.69. The van der Waals surface area contributed by atoms with Crippen molar-refractivity contribution in [2.24, 2.45) is 0 Å². The number of hydrogen-bond acceptors (Lipinski definition) is 5. The Bertz CT molecular complexity index is 654. The van der Waals surface area contributed by atoms with Crippen molar-refractivity contribution in [3.8, 4) is 5.75 Å². The topological polar surface area (TPSA) is 83.1 Å². The molecule has 1 aliphatic heterocycles. The van der Waals surface area contributed by atoms with Crippen molar-refractivity contribution < 1.29 is 9.53 Å².